The zero-order chi connectivity index (χ0) is 33.5. The Balaban J connectivity index is 1.49. The number of carbonyl (C=O) groups is 3. The van der Waals surface area contributed by atoms with Crippen LogP contribution in [0.4, 0.5) is 48.5 Å². The summed E-state index contributed by atoms with van der Waals surface area (Å²) in [7, 11) is 10.3. The Morgan fingerprint density at radius 3 is 1.26 bits per heavy atom. The standard InChI is InChI=1S/C37H44N6O3/c1-9-27(2)33-23-13-14-24-34(33)43(8)37(46)42(7)32-22-16-21-31(26-32)41(6)36(45)40(5)30-20-15-19-29(25-30)39(4)35(44)38(3)28-17-11-10-12-18-28/h10-27H,9H2,1-8H3. The summed E-state index contributed by atoms with van der Waals surface area (Å²) < 4.78 is 0. The lowest BCUT2D eigenvalue weighted by Gasteiger charge is -2.29. The van der Waals surface area contributed by atoms with E-state index < -0.39 is 0 Å². The molecule has 240 valence electrons. The maximum absolute atomic E-state index is 13.7. The highest BCUT2D eigenvalue weighted by atomic mass is 16.2. The van der Waals surface area contributed by atoms with Gasteiger partial charge < -0.3 is 0 Å². The number of nitrogens with zero attached hydrogens (tertiary/aromatic N) is 6. The van der Waals surface area contributed by atoms with Crippen LogP contribution < -0.4 is 29.4 Å². The Labute approximate surface area is 272 Å². The van der Waals surface area contributed by atoms with Gasteiger partial charge in [0.2, 0.25) is 0 Å². The van der Waals surface area contributed by atoms with Crippen LogP contribution in [0.25, 0.3) is 0 Å². The molecule has 4 aromatic carbocycles. The van der Waals surface area contributed by atoms with Crippen LogP contribution in [0.1, 0.15) is 31.7 Å². The first kappa shape index (κ1) is 33.6. The van der Waals surface area contributed by atoms with Gasteiger partial charge in [-0.1, -0.05) is 62.4 Å². The first-order valence-electron chi connectivity index (χ1n) is 15.3. The van der Waals surface area contributed by atoms with Crippen LogP contribution >= 0.6 is 0 Å². The van der Waals surface area contributed by atoms with E-state index in [0.717, 1.165) is 23.4 Å². The molecule has 1 atom stereocenters. The molecule has 0 bridgehead atoms. The van der Waals surface area contributed by atoms with Gasteiger partial charge in [-0.3, -0.25) is 29.4 Å². The topological polar surface area (TPSA) is 70.7 Å². The van der Waals surface area contributed by atoms with Gasteiger partial charge in [0.25, 0.3) is 0 Å². The molecule has 1 unspecified atom stereocenters. The van der Waals surface area contributed by atoms with Crippen molar-refractivity contribution in [2.45, 2.75) is 26.2 Å². The number of para-hydroxylation sites is 2. The molecule has 4 aromatic rings. The number of urea groups is 3. The lowest BCUT2D eigenvalue weighted by atomic mass is 9.96. The average Bonchev–Trinajstić information content (AvgIpc) is 3.12. The monoisotopic (exact) mass is 620 g/mol. The van der Waals surface area contributed by atoms with Crippen LogP contribution in [-0.2, 0) is 0 Å². The molecule has 9 nitrogen and oxygen atoms in total. The third kappa shape index (κ3) is 7.15. The maximum Gasteiger partial charge on any atom is 0.328 e. The van der Waals surface area contributed by atoms with Crippen molar-refractivity contribution in [2.24, 2.45) is 0 Å². The van der Waals surface area contributed by atoms with Crippen molar-refractivity contribution in [1.82, 2.24) is 0 Å². The SMILES string of the molecule is CCC(C)c1ccccc1N(C)C(=O)N(C)c1cccc(N(C)C(=O)N(C)c2cccc(N(C)C(=O)N(C)c3ccccc3)c2)c1. The molecule has 0 spiro atoms. The minimum absolute atomic E-state index is 0.188. The van der Waals surface area contributed by atoms with Gasteiger partial charge in [0, 0.05) is 76.4 Å². The number of anilines is 6. The number of amides is 6. The molecule has 0 heterocycles. The van der Waals surface area contributed by atoms with Gasteiger partial charge in [0.05, 0.1) is 0 Å². The summed E-state index contributed by atoms with van der Waals surface area (Å²) in [5, 5.41) is 0. The second kappa shape index (κ2) is 14.6. The van der Waals surface area contributed by atoms with Gasteiger partial charge in [-0.25, -0.2) is 14.4 Å². The van der Waals surface area contributed by atoms with E-state index in [0.29, 0.717) is 28.7 Å². The van der Waals surface area contributed by atoms with E-state index in [1.807, 2.05) is 91.0 Å². The highest BCUT2D eigenvalue weighted by molar-refractivity contribution is 6.06. The van der Waals surface area contributed by atoms with Gasteiger partial charge >= 0.3 is 18.1 Å². The van der Waals surface area contributed by atoms with Gasteiger partial charge in [-0.05, 0) is 72.5 Å². The summed E-state index contributed by atoms with van der Waals surface area (Å²) >= 11 is 0. The normalized spacial score (nSPS) is 11.3. The van der Waals surface area contributed by atoms with E-state index in [9.17, 15) is 14.4 Å². The predicted molar refractivity (Wildman–Crippen MR) is 191 cm³/mol. The number of rotatable bonds is 8. The molecule has 0 radical (unpaired) electrons. The fraction of sp³-hybridized carbons (Fsp3) is 0.270. The molecular formula is C37H44N6O3. The van der Waals surface area contributed by atoms with Crippen molar-refractivity contribution in [3.05, 3.63) is 109 Å². The first-order valence-corrected chi connectivity index (χ1v) is 15.3. The van der Waals surface area contributed by atoms with Crippen LogP contribution in [0.5, 0.6) is 0 Å². The summed E-state index contributed by atoms with van der Waals surface area (Å²) in [6, 6.07) is 31.3. The van der Waals surface area contributed by atoms with Crippen molar-refractivity contribution in [1.29, 1.82) is 0 Å². The number of hydrogen-bond donors (Lipinski definition) is 0. The molecule has 0 aliphatic heterocycles. The molecule has 4 rings (SSSR count). The highest BCUT2D eigenvalue weighted by Gasteiger charge is 2.24. The van der Waals surface area contributed by atoms with E-state index in [2.05, 4.69) is 19.9 Å². The molecule has 0 aliphatic rings. The molecule has 0 saturated carbocycles. The fourth-order valence-electron chi connectivity index (χ4n) is 5.23. The van der Waals surface area contributed by atoms with Crippen molar-refractivity contribution < 1.29 is 14.4 Å². The lowest BCUT2D eigenvalue weighted by Crippen LogP contribution is -2.40. The zero-order valence-electron chi connectivity index (χ0n) is 28.0. The molecule has 0 N–H and O–H groups in total. The van der Waals surface area contributed by atoms with Crippen LogP contribution in [-0.4, -0.2) is 60.4 Å². The van der Waals surface area contributed by atoms with Gasteiger partial charge in [-0.15, -0.1) is 0 Å². The lowest BCUT2D eigenvalue weighted by molar-refractivity contribution is 0.253. The summed E-state index contributed by atoms with van der Waals surface area (Å²) in [6.07, 6.45) is 0.969. The fourth-order valence-corrected chi connectivity index (χ4v) is 5.23. The molecule has 0 fully saturated rings. The number of carbonyl (C=O) groups excluding carboxylic acids is 3. The molecule has 46 heavy (non-hydrogen) atoms. The van der Waals surface area contributed by atoms with Crippen molar-refractivity contribution in [3.8, 4) is 0 Å². The molecule has 0 saturated heterocycles. The second-order valence-corrected chi connectivity index (χ2v) is 11.4. The number of hydrogen-bond acceptors (Lipinski definition) is 3. The Bertz CT molecular complexity index is 1680. The average molecular weight is 621 g/mol. The minimum Gasteiger partial charge on any atom is -0.297 e. The largest absolute Gasteiger partial charge is 0.328 e. The van der Waals surface area contributed by atoms with Crippen molar-refractivity contribution in [2.75, 3.05) is 71.7 Å². The van der Waals surface area contributed by atoms with Crippen molar-refractivity contribution in [3.63, 3.8) is 0 Å². The van der Waals surface area contributed by atoms with E-state index >= 15 is 0 Å². The summed E-state index contributed by atoms with van der Waals surface area (Å²) in [6.45, 7) is 4.30. The van der Waals surface area contributed by atoms with Gasteiger partial charge in [0.15, 0.2) is 0 Å². The highest BCUT2D eigenvalue weighted by Crippen LogP contribution is 2.31. The summed E-state index contributed by atoms with van der Waals surface area (Å²) in [5.41, 5.74) is 5.34. The van der Waals surface area contributed by atoms with E-state index in [1.54, 1.807) is 68.0 Å². The van der Waals surface area contributed by atoms with E-state index in [1.165, 1.54) is 9.80 Å². The molecule has 9 heteroatoms. The molecule has 0 aromatic heterocycles. The Morgan fingerprint density at radius 1 is 0.478 bits per heavy atom. The first-order chi connectivity index (χ1) is 22.0. The van der Waals surface area contributed by atoms with E-state index in [4.69, 9.17) is 0 Å². The Morgan fingerprint density at radius 2 is 0.826 bits per heavy atom. The Hall–Kier alpha value is -5.31. The predicted octanol–water partition coefficient (Wildman–Crippen LogP) is 8.28. The van der Waals surface area contributed by atoms with Gasteiger partial charge in [0.1, 0.15) is 0 Å². The van der Waals surface area contributed by atoms with Crippen LogP contribution in [0.2, 0.25) is 0 Å². The van der Waals surface area contributed by atoms with Crippen LogP contribution in [0, 0.1) is 0 Å². The third-order valence-corrected chi connectivity index (χ3v) is 8.52. The number of benzene rings is 4. The summed E-state index contributed by atoms with van der Waals surface area (Å²) in [4.78, 5) is 49.9. The summed E-state index contributed by atoms with van der Waals surface area (Å²) in [5.74, 6) is 0.314. The molecular weight excluding hydrogens is 576 g/mol. The van der Waals surface area contributed by atoms with Crippen molar-refractivity contribution >= 4 is 52.2 Å². The maximum atomic E-state index is 13.7. The minimum atomic E-state index is -0.279. The smallest absolute Gasteiger partial charge is 0.297 e. The molecule has 0 aliphatic carbocycles. The van der Waals surface area contributed by atoms with Crippen LogP contribution in [0.3, 0.4) is 0 Å². The van der Waals surface area contributed by atoms with Crippen LogP contribution in [0.15, 0.2) is 103 Å². The van der Waals surface area contributed by atoms with Gasteiger partial charge in [-0.2, -0.15) is 0 Å². The Kier molecular flexibility index (Phi) is 10.7. The zero-order valence-corrected chi connectivity index (χ0v) is 28.0. The van der Waals surface area contributed by atoms with E-state index in [-0.39, 0.29) is 18.1 Å². The molecule has 6 amide bonds. The quantitative estimate of drug-likeness (QED) is 0.199. The third-order valence-electron chi connectivity index (χ3n) is 8.52. The second-order valence-electron chi connectivity index (χ2n) is 11.4.